The summed E-state index contributed by atoms with van der Waals surface area (Å²) in [6, 6.07) is 9.51. The minimum absolute atomic E-state index is 0.184. The quantitative estimate of drug-likeness (QED) is 0.746. The Bertz CT molecular complexity index is 972. The SMILES string of the molecule is CCC(C)(c1ccc(C)c(S(=O)(=O)O)c1)c1ccc(C)c(S(=O)(=O)O)c1. The van der Waals surface area contributed by atoms with Crippen molar-refractivity contribution in [1.29, 1.82) is 0 Å². The van der Waals surface area contributed by atoms with Crippen LogP contribution in [-0.2, 0) is 25.7 Å². The standard InChI is InChI=1S/C18H22O6S2/c1-5-18(4,14-8-6-12(2)16(10-14)25(19,20)21)15-9-7-13(3)17(11-15)26(22,23)24/h6-11H,5H2,1-4H3,(H,19,20,21)(H,22,23,24). The molecule has 0 aliphatic carbocycles. The molecule has 2 aromatic carbocycles. The second kappa shape index (κ2) is 6.77. The molecule has 2 rings (SSSR count). The first-order chi connectivity index (χ1) is 11.8. The molecule has 0 amide bonds. The normalized spacial score (nSPS) is 13.0. The first kappa shape index (κ1) is 20.6. The first-order valence-electron chi connectivity index (χ1n) is 7.98. The summed E-state index contributed by atoms with van der Waals surface area (Å²) < 4.78 is 65.4. The van der Waals surface area contributed by atoms with Gasteiger partial charge >= 0.3 is 0 Å². The van der Waals surface area contributed by atoms with E-state index < -0.39 is 25.7 Å². The zero-order valence-electron chi connectivity index (χ0n) is 15.0. The summed E-state index contributed by atoms with van der Waals surface area (Å²) in [5, 5.41) is 0. The van der Waals surface area contributed by atoms with Gasteiger partial charge in [0.25, 0.3) is 20.2 Å². The second-order valence-corrected chi connectivity index (χ2v) is 9.38. The third-order valence-corrected chi connectivity index (χ3v) is 6.90. The van der Waals surface area contributed by atoms with Crippen molar-refractivity contribution in [1.82, 2.24) is 0 Å². The van der Waals surface area contributed by atoms with Crippen molar-refractivity contribution in [2.45, 2.75) is 49.3 Å². The van der Waals surface area contributed by atoms with Crippen LogP contribution in [0.1, 0.15) is 42.5 Å². The Hall–Kier alpha value is -1.74. The fraction of sp³-hybridized carbons (Fsp3) is 0.333. The van der Waals surface area contributed by atoms with Crippen molar-refractivity contribution in [2.75, 3.05) is 0 Å². The predicted octanol–water partition coefficient (Wildman–Crippen LogP) is 3.51. The van der Waals surface area contributed by atoms with Gasteiger partial charge in [-0.15, -0.1) is 0 Å². The Morgan fingerprint density at radius 1 is 0.808 bits per heavy atom. The number of aryl methyl sites for hydroxylation is 2. The molecular weight excluding hydrogens is 376 g/mol. The third-order valence-electron chi connectivity index (χ3n) is 4.91. The average Bonchev–Trinajstić information content (AvgIpc) is 2.52. The molecule has 0 aliphatic heterocycles. The Morgan fingerprint density at radius 2 is 1.15 bits per heavy atom. The van der Waals surface area contributed by atoms with Crippen LogP contribution in [0.3, 0.4) is 0 Å². The number of benzene rings is 2. The second-order valence-electron chi connectivity index (χ2n) is 6.60. The molecule has 0 atom stereocenters. The van der Waals surface area contributed by atoms with E-state index in [-0.39, 0.29) is 9.79 Å². The minimum Gasteiger partial charge on any atom is -0.282 e. The van der Waals surface area contributed by atoms with E-state index in [1.54, 1.807) is 38.1 Å². The van der Waals surface area contributed by atoms with Crippen LogP contribution >= 0.6 is 0 Å². The van der Waals surface area contributed by atoms with E-state index in [9.17, 15) is 25.9 Å². The highest BCUT2D eigenvalue weighted by Crippen LogP contribution is 2.38. The molecule has 0 bridgehead atoms. The lowest BCUT2D eigenvalue weighted by atomic mass is 9.74. The van der Waals surface area contributed by atoms with Gasteiger partial charge in [0.2, 0.25) is 0 Å². The summed E-state index contributed by atoms with van der Waals surface area (Å²) in [7, 11) is -8.76. The molecule has 8 heteroatoms. The van der Waals surface area contributed by atoms with Crippen molar-refractivity contribution in [2.24, 2.45) is 0 Å². The van der Waals surface area contributed by atoms with Crippen molar-refractivity contribution in [3.63, 3.8) is 0 Å². The fourth-order valence-corrected chi connectivity index (χ4v) is 4.52. The van der Waals surface area contributed by atoms with Gasteiger partial charge in [-0.05, 0) is 54.7 Å². The maximum absolute atomic E-state index is 11.6. The molecule has 0 spiro atoms. The lowest BCUT2D eigenvalue weighted by Gasteiger charge is -2.31. The molecule has 2 aromatic rings. The van der Waals surface area contributed by atoms with Gasteiger partial charge in [0.1, 0.15) is 0 Å². The van der Waals surface area contributed by atoms with Crippen LogP contribution in [0.15, 0.2) is 46.2 Å². The van der Waals surface area contributed by atoms with Crippen LogP contribution in [0.5, 0.6) is 0 Å². The lowest BCUT2D eigenvalue weighted by Crippen LogP contribution is -2.24. The van der Waals surface area contributed by atoms with Gasteiger partial charge in [0, 0.05) is 5.41 Å². The van der Waals surface area contributed by atoms with E-state index in [2.05, 4.69) is 0 Å². The molecule has 142 valence electrons. The van der Waals surface area contributed by atoms with Crippen LogP contribution < -0.4 is 0 Å². The van der Waals surface area contributed by atoms with E-state index in [1.807, 2.05) is 13.8 Å². The van der Waals surface area contributed by atoms with Crippen LogP contribution in [0.4, 0.5) is 0 Å². The third kappa shape index (κ3) is 3.83. The zero-order chi connectivity index (χ0) is 19.9. The van der Waals surface area contributed by atoms with Crippen LogP contribution in [0.25, 0.3) is 0 Å². The van der Waals surface area contributed by atoms with Crippen molar-refractivity contribution < 1.29 is 25.9 Å². The molecule has 26 heavy (non-hydrogen) atoms. The van der Waals surface area contributed by atoms with E-state index >= 15 is 0 Å². The molecule has 0 saturated carbocycles. The first-order valence-corrected chi connectivity index (χ1v) is 10.9. The molecule has 6 nitrogen and oxygen atoms in total. The van der Waals surface area contributed by atoms with Gasteiger partial charge in [0.15, 0.2) is 0 Å². The summed E-state index contributed by atoms with van der Waals surface area (Å²) in [5.41, 5.74) is 1.33. The lowest BCUT2D eigenvalue weighted by molar-refractivity contribution is 0.480. The van der Waals surface area contributed by atoms with E-state index in [4.69, 9.17) is 0 Å². The Labute approximate surface area is 154 Å². The molecular formula is C18H22O6S2. The summed E-state index contributed by atoms with van der Waals surface area (Å²) in [6.45, 7) is 6.90. The molecule has 0 aromatic heterocycles. The monoisotopic (exact) mass is 398 g/mol. The molecule has 0 unspecified atom stereocenters. The molecule has 0 aliphatic rings. The van der Waals surface area contributed by atoms with E-state index in [0.29, 0.717) is 28.7 Å². The van der Waals surface area contributed by atoms with Gasteiger partial charge < -0.3 is 0 Å². The number of rotatable bonds is 5. The summed E-state index contributed by atoms with van der Waals surface area (Å²) in [4.78, 5) is -0.367. The van der Waals surface area contributed by atoms with Crippen molar-refractivity contribution >= 4 is 20.2 Å². The average molecular weight is 399 g/mol. The highest BCUT2D eigenvalue weighted by molar-refractivity contribution is 7.86. The molecule has 0 radical (unpaired) electrons. The highest BCUT2D eigenvalue weighted by atomic mass is 32.2. The molecule has 0 heterocycles. The fourth-order valence-electron chi connectivity index (χ4n) is 3.02. The molecule has 0 saturated heterocycles. The van der Waals surface area contributed by atoms with Gasteiger partial charge in [0.05, 0.1) is 9.79 Å². The Balaban J connectivity index is 2.75. The zero-order valence-corrected chi connectivity index (χ0v) is 16.6. The smallest absolute Gasteiger partial charge is 0.282 e. The highest BCUT2D eigenvalue weighted by Gasteiger charge is 2.30. The summed E-state index contributed by atoms with van der Waals surface area (Å²) in [6.07, 6.45) is 0.537. The van der Waals surface area contributed by atoms with Crippen LogP contribution in [0.2, 0.25) is 0 Å². The van der Waals surface area contributed by atoms with Gasteiger partial charge in [-0.1, -0.05) is 38.1 Å². The molecule has 2 N–H and O–H groups in total. The summed E-state index contributed by atoms with van der Waals surface area (Å²) >= 11 is 0. The number of hydrogen-bond acceptors (Lipinski definition) is 4. The summed E-state index contributed by atoms with van der Waals surface area (Å²) in [5.74, 6) is 0. The van der Waals surface area contributed by atoms with E-state index in [0.717, 1.165) is 0 Å². The largest absolute Gasteiger partial charge is 0.294 e. The van der Waals surface area contributed by atoms with Crippen molar-refractivity contribution in [3.8, 4) is 0 Å². The van der Waals surface area contributed by atoms with Gasteiger partial charge in [-0.3, -0.25) is 9.11 Å². The Kier molecular flexibility index (Phi) is 5.36. The topological polar surface area (TPSA) is 109 Å². The minimum atomic E-state index is -4.38. The van der Waals surface area contributed by atoms with Gasteiger partial charge in [-0.2, -0.15) is 16.8 Å². The van der Waals surface area contributed by atoms with Gasteiger partial charge in [-0.25, -0.2) is 0 Å². The predicted molar refractivity (Wildman–Crippen MR) is 98.7 cm³/mol. The van der Waals surface area contributed by atoms with Crippen molar-refractivity contribution in [3.05, 3.63) is 58.7 Å². The van der Waals surface area contributed by atoms with Crippen LogP contribution in [-0.4, -0.2) is 25.9 Å². The maximum Gasteiger partial charge on any atom is 0.294 e. The number of hydrogen-bond donors (Lipinski definition) is 2. The van der Waals surface area contributed by atoms with E-state index in [1.165, 1.54) is 12.1 Å². The molecule has 0 fully saturated rings. The van der Waals surface area contributed by atoms with Crippen LogP contribution in [0, 0.1) is 13.8 Å². The Morgan fingerprint density at radius 3 is 1.42 bits per heavy atom. The maximum atomic E-state index is 11.6.